The summed E-state index contributed by atoms with van der Waals surface area (Å²) >= 11 is 0. The van der Waals surface area contributed by atoms with Crippen LogP contribution >= 0.6 is 0 Å². The highest BCUT2D eigenvalue weighted by molar-refractivity contribution is 5.96. The van der Waals surface area contributed by atoms with Gasteiger partial charge in [0.25, 0.3) is 0 Å². The summed E-state index contributed by atoms with van der Waals surface area (Å²) in [6, 6.07) is 14.8. The molecule has 0 unspecified atom stereocenters. The first-order valence-electron chi connectivity index (χ1n) is 9.00. The molecular weight excluding hydrogens is 312 g/mol. The van der Waals surface area contributed by atoms with Crippen LogP contribution in [0, 0.1) is 0 Å². The molecule has 4 nitrogen and oxygen atoms in total. The van der Waals surface area contributed by atoms with Crippen LogP contribution in [0.2, 0.25) is 0 Å². The minimum Gasteiger partial charge on any atom is -0.494 e. The summed E-state index contributed by atoms with van der Waals surface area (Å²) in [6.45, 7) is 4.81. The fourth-order valence-corrected chi connectivity index (χ4v) is 2.36. The summed E-state index contributed by atoms with van der Waals surface area (Å²) in [5.74, 6) is 0.992. The monoisotopic (exact) mass is 338 g/mol. The second-order valence-electron chi connectivity index (χ2n) is 5.93. The van der Waals surface area contributed by atoms with Gasteiger partial charge in [-0.25, -0.2) is 0 Å². The molecule has 25 heavy (non-hydrogen) atoms. The van der Waals surface area contributed by atoms with Crippen LogP contribution in [0.15, 0.2) is 58.8 Å². The highest BCUT2D eigenvalue weighted by Crippen LogP contribution is 2.22. The van der Waals surface area contributed by atoms with Crippen molar-refractivity contribution in [3.63, 3.8) is 0 Å². The van der Waals surface area contributed by atoms with Crippen LogP contribution in [-0.4, -0.2) is 12.4 Å². The van der Waals surface area contributed by atoms with Crippen molar-refractivity contribution in [2.75, 3.05) is 6.61 Å². The van der Waals surface area contributed by atoms with Gasteiger partial charge in [0.05, 0.1) is 18.0 Å². The Balaban J connectivity index is 1.85. The number of nitrogens with zero attached hydrogens (tertiary/aromatic N) is 2. The number of hydrogen-bond donors (Lipinski definition) is 0. The van der Waals surface area contributed by atoms with E-state index in [0.29, 0.717) is 12.0 Å². The number of ketones is 1. The number of rotatable bonds is 10. The van der Waals surface area contributed by atoms with Gasteiger partial charge in [-0.3, -0.25) is 4.79 Å². The molecule has 0 spiro atoms. The van der Waals surface area contributed by atoms with Gasteiger partial charge in [-0.2, -0.15) is 10.2 Å². The fraction of sp³-hybridized carbons (Fsp3) is 0.381. The first kappa shape index (κ1) is 18.8. The van der Waals surface area contributed by atoms with Gasteiger partial charge in [-0.1, -0.05) is 33.1 Å². The van der Waals surface area contributed by atoms with Crippen LogP contribution in [0.1, 0.15) is 56.3 Å². The number of unbranched alkanes of at least 4 members (excludes halogenated alkanes) is 3. The molecule has 0 aliphatic carbocycles. The maximum absolute atomic E-state index is 11.6. The average molecular weight is 338 g/mol. The summed E-state index contributed by atoms with van der Waals surface area (Å²) in [5, 5.41) is 8.42. The molecule has 0 N–H and O–H groups in total. The van der Waals surface area contributed by atoms with Gasteiger partial charge in [0.15, 0.2) is 5.78 Å². The van der Waals surface area contributed by atoms with E-state index < -0.39 is 0 Å². The maximum atomic E-state index is 11.6. The number of hydrogen-bond acceptors (Lipinski definition) is 4. The molecule has 2 aromatic rings. The van der Waals surface area contributed by atoms with Crippen molar-refractivity contribution in [3.8, 4) is 5.75 Å². The molecule has 0 saturated heterocycles. The lowest BCUT2D eigenvalue weighted by molar-refractivity contribution is 0.0988. The number of Topliss-reactive ketones (excluding diaryl/α,β-unsaturated/α-hetero) is 1. The lowest BCUT2D eigenvalue weighted by Gasteiger charge is -2.05. The number of carbonyl (C=O) groups excluding carboxylic acids is 1. The molecule has 0 aliphatic heterocycles. The smallest absolute Gasteiger partial charge is 0.162 e. The molecule has 0 heterocycles. The van der Waals surface area contributed by atoms with Crippen molar-refractivity contribution in [2.45, 2.75) is 46.0 Å². The van der Waals surface area contributed by atoms with Crippen LogP contribution in [0.25, 0.3) is 0 Å². The van der Waals surface area contributed by atoms with E-state index in [4.69, 9.17) is 4.74 Å². The van der Waals surface area contributed by atoms with E-state index in [9.17, 15) is 4.79 Å². The SMILES string of the molecule is CCCCCCOc1ccc(N=Nc2ccc(C(=O)CC)cc2)cc1. The second-order valence-corrected chi connectivity index (χ2v) is 5.93. The lowest BCUT2D eigenvalue weighted by Crippen LogP contribution is -1.96. The van der Waals surface area contributed by atoms with E-state index in [1.54, 1.807) is 24.3 Å². The Kier molecular flexibility index (Phi) is 7.83. The van der Waals surface area contributed by atoms with E-state index in [0.717, 1.165) is 30.2 Å². The van der Waals surface area contributed by atoms with Crippen LogP contribution in [-0.2, 0) is 0 Å². The number of azo groups is 1. The molecule has 0 saturated carbocycles. The fourth-order valence-electron chi connectivity index (χ4n) is 2.36. The van der Waals surface area contributed by atoms with Crippen LogP contribution in [0.3, 0.4) is 0 Å². The molecule has 0 fully saturated rings. The Morgan fingerprint density at radius 2 is 1.44 bits per heavy atom. The average Bonchev–Trinajstić information content (AvgIpc) is 2.67. The number of benzene rings is 2. The van der Waals surface area contributed by atoms with Gasteiger partial charge >= 0.3 is 0 Å². The first-order valence-corrected chi connectivity index (χ1v) is 9.00. The molecule has 0 aliphatic rings. The molecule has 4 heteroatoms. The molecular formula is C21H26N2O2. The van der Waals surface area contributed by atoms with Crippen molar-refractivity contribution < 1.29 is 9.53 Å². The topological polar surface area (TPSA) is 51.0 Å². The van der Waals surface area contributed by atoms with Crippen molar-refractivity contribution in [1.82, 2.24) is 0 Å². The summed E-state index contributed by atoms with van der Waals surface area (Å²) in [5.41, 5.74) is 2.21. The quantitative estimate of drug-likeness (QED) is 0.276. The first-order chi connectivity index (χ1) is 12.2. The zero-order valence-corrected chi connectivity index (χ0v) is 15.1. The van der Waals surface area contributed by atoms with E-state index >= 15 is 0 Å². The standard InChI is InChI=1S/C21H26N2O2/c1-3-5-6-7-16-25-20-14-12-19(13-15-20)23-22-18-10-8-17(9-11-18)21(24)4-2/h8-15H,3-7,16H2,1-2H3. The molecule has 0 bridgehead atoms. The molecule has 0 radical (unpaired) electrons. The number of ether oxygens (including phenoxy) is 1. The second kappa shape index (κ2) is 10.4. The Labute approximate surface area is 149 Å². The van der Waals surface area contributed by atoms with Crippen molar-refractivity contribution in [2.24, 2.45) is 10.2 Å². The Bertz CT molecular complexity index is 676. The molecule has 0 atom stereocenters. The van der Waals surface area contributed by atoms with Crippen LogP contribution < -0.4 is 4.74 Å². The molecule has 2 rings (SSSR count). The summed E-state index contributed by atoms with van der Waals surface area (Å²) in [4.78, 5) is 11.6. The summed E-state index contributed by atoms with van der Waals surface area (Å²) in [7, 11) is 0. The van der Waals surface area contributed by atoms with Gasteiger partial charge in [-0.15, -0.1) is 0 Å². The van der Waals surface area contributed by atoms with Crippen molar-refractivity contribution >= 4 is 17.2 Å². The third-order valence-electron chi connectivity index (χ3n) is 3.89. The molecule has 2 aromatic carbocycles. The zero-order valence-electron chi connectivity index (χ0n) is 15.1. The van der Waals surface area contributed by atoms with E-state index in [1.807, 2.05) is 31.2 Å². The van der Waals surface area contributed by atoms with E-state index in [2.05, 4.69) is 17.2 Å². The number of carbonyl (C=O) groups is 1. The Hall–Kier alpha value is -2.49. The molecule has 0 aromatic heterocycles. The molecule has 0 amide bonds. The lowest BCUT2D eigenvalue weighted by atomic mass is 10.1. The maximum Gasteiger partial charge on any atom is 0.162 e. The normalized spacial score (nSPS) is 11.0. The molecule has 132 valence electrons. The van der Waals surface area contributed by atoms with Gasteiger partial charge in [0.1, 0.15) is 5.75 Å². The summed E-state index contributed by atoms with van der Waals surface area (Å²) in [6.07, 6.45) is 5.30. The van der Waals surface area contributed by atoms with Crippen LogP contribution in [0.5, 0.6) is 5.75 Å². The highest BCUT2D eigenvalue weighted by atomic mass is 16.5. The zero-order chi connectivity index (χ0) is 17.9. The van der Waals surface area contributed by atoms with E-state index in [-0.39, 0.29) is 5.78 Å². The van der Waals surface area contributed by atoms with Gasteiger partial charge in [0, 0.05) is 12.0 Å². The third kappa shape index (κ3) is 6.49. The van der Waals surface area contributed by atoms with Crippen molar-refractivity contribution in [1.29, 1.82) is 0 Å². The Morgan fingerprint density at radius 1 is 0.840 bits per heavy atom. The highest BCUT2D eigenvalue weighted by Gasteiger charge is 2.02. The predicted molar refractivity (Wildman–Crippen MR) is 101 cm³/mol. The van der Waals surface area contributed by atoms with Gasteiger partial charge < -0.3 is 4.74 Å². The van der Waals surface area contributed by atoms with Gasteiger partial charge in [-0.05, 0) is 55.0 Å². The third-order valence-corrected chi connectivity index (χ3v) is 3.89. The Morgan fingerprint density at radius 3 is 2.00 bits per heavy atom. The van der Waals surface area contributed by atoms with Crippen molar-refractivity contribution in [3.05, 3.63) is 54.1 Å². The minimum absolute atomic E-state index is 0.133. The van der Waals surface area contributed by atoms with Gasteiger partial charge in [0.2, 0.25) is 0 Å². The largest absolute Gasteiger partial charge is 0.494 e. The predicted octanol–water partition coefficient (Wildman–Crippen LogP) is 6.65. The van der Waals surface area contributed by atoms with Crippen LogP contribution in [0.4, 0.5) is 11.4 Å². The minimum atomic E-state index is 0.133. The van der Waals surface area contributed by atoms with E-state index in [1.165, 1.54) is 19.3 Å². The summed E-state index contributed by atoms with van der Waals surface area (Å²) < 4.78 is 5.71.